The van der Waals surface area contributed by atoms with Crippen molar-refractivity contribution in [2.24, 2.45) is 0 Å². The Labute approximate surface area is 105 Å². The van der Waals surface area contributed by atoms with Crippen LogP contribution in [0.25, 0.3) is 0 Å². The van der Waals surface area contributed by atoms with Crippen molar-refractivity contribution in [2.45, 2.75) is 18.9 Å². The van der Waals surface area contributed by atoms with E-state index in [1.807, 2.05) is 12.4 Å². The summed E-state index contributed by atoms with van der Waals surface area (Å²) in [5, 5.41) is 0. The summed E-state index contributed by atoms with van der Waals surface area (Å²) in [6, 6.07) is 2.88. The van der Waals surface area contributed by atoms with Gasteiger partial charge in [0.25, 0.3) is 0 Å². The number of fused-ring (bicyclic) bond motifs is 1. The van der Waals surface area contributed by atoms with Crippen LogP contribution in [0.4, 0.5) is 5.69 Å². The SMILES string of the molecule is Brc1cnccc1N1CCN2CCCC2C1. The Balaban J connectivity index is 1.79. The zero-order chi connectivity index (χ0) is 11.0. The summed E-state index contributed by atoms with van der Waals surface area (Å²) in [6.07, 6.45) is 6.49. The molecule has 3 heterocycles. The van der Waals surface area contributed by atoms with Gasteiger partial charge in [0.1, 0.15) is 0 Å². The van der Waals surface area contributed by atoms with E-state index in [4.69, 9.17) is 0 Å². The molecule has 3 nitrogen and oxygen atoms in total. The first-order valence-corrected chi connectivity index (χ1v) is 6.72. The average Bonchev–Trinajstić information content (AvgIpc) is 2.76. The third-order valence-corrected chi connectivity index (χ3v) is 4.29. The molecule has 2 aliphatic heterocycles. The van der Waals surface area contributed by atoms with E-state index in [9.17, 15) is 0 Å². The molecule has 0 spiro atoms. The van der Waals surface area contributed by atoms with Crippen molar-refractivity contribution in [3.05, 3.63) is 22.9 Å². The second-order valence-corrected chi connectivity index (χ2v) is 5.46. The van der Waals surface area contributed by atoms with E-state index >= 15 is 0 Å². The normalized spacial score (nSPS) is 25.8. The summed E-state index contributed by atoms with van der Waals surface area (Å²) in [5.74, 6) is 0. The number of anilines is 1. The lowest BCUT2D eigenvalue weighted by atomic mass is 10.1. The number of piperazine rings is 1. The molecule has 2 fully saturated rings. The maximum absolute atomic E-state index is 4.12. The minimum Gasteiger partial charge on any atom is -0.368 e. The Morgan fingerprint density at radius 3 is 3.12 bits per heavy atom. The largest absolute Gasteiger partial charge is 0.368 e. The van der Waals surface area contributed by atoms with Crippen LogP contribution in [0.3, 0.4) is 0 Å². The van der Waals surface area contributed by atoms with Crippen LogP contribution in [0.5, 0.6) is 0 Å². The lowest BCUT2D eigenvalue weighted by Gasteiger charge is -2.39. The number of halogens is 1. The zero-order valence-corrected chi connectivity index (χ0v) is 10.9. The van der Waals surface area contributed by atoms with E-state index in [1.54, 1.807) is 0 Å². The minimum atomic E-state index is 0.772. The highest BCUT2D eigenvalue weighted by Gasteiger charge is 2.30. The first-order chi connectivity index (χ1) is 7.84. The van der Waals surface area contributed by atoms with Gasteiger partial charge in [-0.05, 0) is 41.4 Å². The third kappa shape index (κ3) is 1.84. The van der Waals surface area contributed by atoms with Crippen LogP contribution in [0, 0.1) is 0 Å². The van der Waals surface area contributed by atoms with Crippen molar-refractivity contribution in [1.82, 2.24) is 9.88 Å². The van der Waals surface area contributed by atoms with E-state index in [2.05, 4.69) is 36.8 Å². The van der Waals surface area contributed by atoms with Crippen molar-refractivity contribution >= 4 is 21.6 Å². The lowest BCUT2D eigenvalue weighted by Crippen LogP contribution is -2.50. The first-order valence-electron chi connectivity index (χ1n) is 5.93. The molecule has 0 amide bonds. The summed E-state index contributed by atoms with van der Waals surface area (Å²) < 4.78 is 1.11. The predicted molar refractivity (Wildman–Crippen MR) is 68.7 cm³/mol. The van der Waals surface area contributed by atoms with E-state index in [0.717, 1.165) is 17.1 Å². The fourth-order valence-corrected chi connectivity index (χ4v) is 3.34. The van der Waals surface area contributed by atoms with Crippen LogP contribution >= 0.6 is 15.9 Å². The number of hydrogen-bond acceptors (Lipinski definition) is 3. The van der Waals surface area contributed by atoms with Gasteiger partial charge in [-0.3, -0.25) is 9.88 Å². The summed E-state index contributed by atoms with van der Waals surface area (Å²) in [4.78, 5) is 9.24. The summed E-state index contributed by atoms with van der Waals surface area (Å²) in [5.41, 5.74) is 1.29. The van der Waals surface area contributed by atoms with Gasteiger partial charge in [-0.2, -0.15) is 0 Å². The van der Waals surface area contributed by atoms with Crippen LogP contribution in [0.2, 0.25) is 0 Å². The lowest BCUT2D eigenvalue weighted by molar-refractivity contribution is 0.231. The molecule has 2 aliphatic rings. The Kier molecular flexibility index (Phi) is 2.86. The standard InChI is InChI=1S/C12H16BrN3/c13-11-8-14-4-3-12(11)16-7-6-15-5-1-2-10(15)9-16/h3-4,8,10H,1-2,5-7,9H2. The van der Waals surface area contributed by atoms with Crippen molar-refractivity contribution in [2.75, 3.05) is 31.1 Å². The smallest absolute Gasteiger partial charge is 0.0592 e. The van der Waals surface area contributed by atoms with E-state index in [1.165, 1.54) is 38.2 Å². The molecule has 0 saturated carbocycles. The molecule has 4 heteroatoms. The van der Waals surface area contributed by atoms with Gasteiger partial charge in [-0.25, -0.2) is 0 Å². The summed E-state index contributed by atoms with van der Waals surface area (Å²) in [7, 11) is 0. The maximum atomic E-state index is 4.12. The predicted octanol–water partition coefficient (Wildman–Crippen LogP) is 2.13. The first kappa shape index (κ1) is 10.5. The van der Waals surface area contributed by atoms with E-state index in [-0.39, 0.29) is 0 Å². The molecule has 16 heavy (non-hydrogen) atoms. The highest BCUT2D eigenvalue weighted by Crippen LogP contribution is 2.29. The van der Waals surface area contributed by atoms with Crippen molar-refractivity contribution in [3.63, 3.8) is 0 Å². The molecular formula is C12H16BrN3. The van der Waals surface area contributed by atoms with Gasteiger partial charge in [0, 0.05) is 38.1 Å². The Hall–Kier alpha value is -0.610. The molecule has 1 aromatic heterocycles. The molecule has 0 radical (unpaired) electrons. The van der Waals surface area contributed by atoms with Crippen LogP contribution in [0.1, 0.15) is 12.8 Å². The van der Waals surface area contributed by atoms with Crippen molar-refractivity contribution < 1.29 is 0 Å². The molecule has 0 aliphatic carbocycles. The Morgan fingerprint density at radius 1 is 1.31 bits per heavy atom. The van der Waals surface area contributed by atoms with Crippen LogP contribution in [-0.2, 0) is 0 Å². The number of pyridine rings is 1. The van der Waals surface area contributed by atoms with Crippen LogP contribution < -0.4 is 4.90 Å². The molecule has 2 saturated heterocycles. The Bertz CT molecular complexity index is 382. The second kappa shape index (κ2) is 4.34. The molecule has 1 aromatic rings. The average molecular weight is 282 g/mol. The highest BCUT2D eigenvalue weighted by atomic mass is 79.9. The minimum absolute atomic E-state index is 0.772. The Morgan fingerprint density at radius 2 is 2.25 bits per heavy atom. The van der Waals surface area contributed by atoms with Crippen molar-refractivity contribution in [3.8, 4) is 0 Å². The third-order valence-electron chi connectivity index (χ3n) is 3.68. The number of hydrogen-bond donors (Lipinski definition) is 0. The fourth-order valence-electron chi connectivity index (χ4n) is 2.83. The quantitative estimate of drug-likeness (QED) is 0.786. The molecule has 0 aromatic carbocycles. The van der Waals surface area contributed by atoms with Gasteiger partial charge in [-0.1, -0.05) is 0 Å². The molecule has 86 valence electrons. The van der Waals surface area contributed by atoms with Crippen LogP contribution in [0.15, 0.2) is 22.9 Å². The topological polar surface area (TPSA) is 19.4 Å². The van der Waals surface area contributed by atoms with Gasteiger partial charge in [0.05, 0.1) is 10.2 Å². The molecular weight excluding hydrogens is 266 g/mol. The molecule has 0 bridgehead atoms. The van der Waals surface area contributed by atoms with Gasteiger partial charge in [-0.15, -0.1) is 0 Å². The summed E-state index contributed by atoms with van der Waals surface area (Å²) >= 11 is 3.59. The second-order valence-electron chi connectivity index (χ2n) is 4.61. The monoisotopic (exact) mass is 281 g/mol. The molecule has 1 atom stereocenters. The number of rotatable bonds is 1. The molecule has 0 N–H and O–H groups in total. The van der Waals surface area contributed by atoms with Gasteiger partial charge >= 0.3 is 0 Å². The molecule has 1 unspecified atom stereocenters. The highest BCUT2D eigenvalue weighted by molar-refractivity contribution is 9.10. The van der Waals surface area contributed by atoms with Crippen LogP contribution in [-0.4, -0.2) is 42.1 Å². The van der Waals surface area contributed by atoms with E-state index in [0.29, 0.717) is 0 Å². The zero-order valence-electron chi connectivity index (χ0n) is 9.27. The molecule has 3 rings (SSSR count). The van der Waals surface area contributed by atoms with Gasteiger partial charge in [0.2, 0.25) is 0 Å². The number of aromatic nitrogens is 1. The number of nitrogens with zero attached hydrogens (tertiary/aromatic N) is 3. The van der Waals surface area contributed by atoms with Gasteiger partial charge < -0.3 is 4.90 Å². The van der Waals surface area contributed by atoms with Crippen molar-refractivity contribution in [1.29, 1.82) is 0 Å². The van der Waals surface area contributed by atoms with E-state index < -0.39 is 0 Å². The summed E-state index contributed by atoms with van der Waals surface area (Å²) in [6.45, 7) is 4.82. The van der Waals surface area contributed by atoms with Gasteiger partial charge in [0.15, 0.2) is 0 Å². The fraction of sp³-hybridized carbons (Fsp3) is 0.583. The maximum Gasteiger partial charge on any atom is 0.0592 e.